The number of rotatable bonds is 5. The molecule has 0 unspecified atom stereocenters. The van der Waals surface area contributed by atoms with Crippen molar-refractivity contribution in [3.05, 3.63) is 68.2 Å². The highest BCUT2D eigenvalue weighted by Gasteiger charge is 2.12. The van der Waals surface area contributed by atoms with Crippen molar-refractivity contribution in [2.75, 3.05) is 0 Å². The van der Waals surface area contributed by atoms with Crippen LogP contribution in [0.4, 0.5) is 5.69 Å². The molecule has 0 spiro atoms. The smallest absolute Gasteiger partial charge is 0.278 e. The number of hydrogen-bond donors (Lipinski definition) is 2. The molecular formula is C15H12BrN3O4. The Bertz CT molecular complexity index is 760. The molecular weight excluding hydrogens is 366 g/mol. The number of nitrogens with one attached hydrogen (secondary N) is 1. The zero-order valence-corrected chi connectivity index (χ0v) is 13.4. The summed E-state index contributed by atoms with van der Waals surface area (Å²) in [5, 5.41) is 23.9. The SMILES string of the molecule is O=C(Cc1ccc(Br)cc1)NN=Cc1cc(O)ccc1[N+](=O)[O-]. The quantitative estimate of drug-likeness (QED) is 0.474. The highest BCUT2D eigenvalue weighted by atomic mass is 79.9. The third kappa shape index (κ3) is 4.89. The summed E-state index contributed by atoms with van der Waals surface area (Å²) < 4.78 is 0.913. The van der Waals surface area contributed by atoms with Crippen molar-refractivity contribution in [2.24, 2.45) is 5.10 Å². The van der Waals surface area contributed by atoms with E-state index >= 15 is 0 Å². The number of carbonyl (C=O) groups is 1. The highest BCUT2D eigenvalue weighted by Crippen LogP contribution is 2.21. The van der Waals surface area contributed by atoms with Gasteiger partial charge in [-0.3, -0.25) is 14.9 Å². The molecule has 0 saturated heterocycles. The average molecular weight is 378 g/mol. The molecule has 23 heavy (non-hydrogen) atoms. The van der Waals surface area contributed by atoms with E-state index in [-0.39, 0.29) is 29.3 Å². The van der Waals surface area contributed by atoms with E-state index in [0.717, 1.165) is 16.3 Å². The molecule has 0 bridgehead atoms. The number of benzene rings is 2. The molecule has 0 heterocycles. The van der Waals surface area contributed by atoms with E-state index in [1.165, 1.54) is 18.2 Å². The van der Waals surface area contributed by atoms with Gasteiger partial charge in [0.25, 0.3) is 5.69 Å². The monoisotopic (exact) mass is 377 g/mol. The summed E-state index contributed by atoms with van der Waals surface area (Å²) in [7, 11) is 0. The zero-order valence-electron chi connectivity index (χ0n) is 11.8. The fourth-order valence-electron chi connectivity index (χ4n) is 1.81. The summed E-state index contributed by atoms with van der Waals surface area (Å²) in [6.45, 7) is 0. The molecule has 7 nitrogen and oxygen atoms in total. The van der Waals surface area contributed by atoms with Crippen LogP contribution in [-0.4, -0.2) is 22.2 Å². The van der Waals surface area contributed by atoms with Crippen molar-refractivity contribution in [2.45, 2.75) is 6.42 Å². The third-order valence-electron chi connectivity index (χ3n) is 2.88. The van der Waals surface area contributed by atoms with Crippen molar-refractivity contribution >= 4 is 33.7 Å². The van der Waals surface area contributed by atoms with Gasteiger partial charge in [-0.25, -0.2) is 5.43 Å². The molecule has 2 aromatic carbocycles. The predicted molar refractivity (Wildman–Crippen MR) is 88.3 cm³/mol. The molecule has 0 aliphatic heterocycles. The normalized spacial score (nSPS) is 10.7. The zero-order chi connectivity index (χ0) is 16.8. The van der Waals surface area contributed by atoms with Crippen LogP contribution < -0.4 is 5.43 Å². The molecule has 1 amide bonds. The molecule has 8 heteroatoms. The maximum Gasteiger partial charge on any atom is 0.278 e. The Morgan fingerprint density at radius 2 is 2.00 bits per heavy atom. The van der Waals surface area contributed by atoms with Crippen LogP contribution in [0, 0.1) is 10.1 Å². The van der Waals surface area contributed by atoms with Crippen molar-refractivity contribution in [1.82, 2.24) is 5.43 Å². The molecule has 0 aromatic heterocycles. The van der Waals surface area contributed by atoms with E-state index in [4.69, 9.17) is 0 Å². The van der Waals surface area contributed by atoms with Crippen LogP contribution in [0.25, 0.3) is 0 Å². The maximum atomic E-state index is 11.8. The van der Waals surface area contributed by atoms with Crippen LogP contribution in [0.2, 0.25) is 0 Å². The number of hydrazone groups is 1. The molecule has 0 aliphatic rings. The van der Waals surface area contributed by atoms with Crippen LogP contribution >= 0.6 is 15.9 Å². The van der Waals surface area contributed by atoms with Gasteiger partial charge in [0.15, 0.2) is 0 Å². The Balaban J connectivity index is 2.01. The number of aromatic hydroxyl groups is 1. The summed E-state index contributed by atoms with van der Waals surface area (Å²) in [6, 6.07) is 10.8. The predicted octanol–water partition coefficient (Wildman–Crippen LogP) is 2.76. The summed E-state index contributed by atoms with van der Waals surface area (Å²) in [5.74, 6) is -0.482. The number of nitro benzene ring substituents is 1. The average Bonchev–Trinajstić information content (AvgIpc) is 2.49. The number of hydrogen-bond acceptors (Lipinski definition) is 5. The Hall–Kier alpha value is -2.74. The lowest BCUT2D eigenvalue weighted by Crippen LogP contribution is -2.19. The Morgan fingerprint density at radius 1 is 1.30 bits per heavy atom. The number of amides is 1. The molecule has 0 atom stereocenters. The summed E-state index contributed by atoms with van der Waals surface area (Å²) in [6.07, 6.45) is 1.25. The molecule has 0 radical (unpaired) electrons. The van der Waals surface area contributed by atoms with Crippen LogP contribution in [0.1, 0.15) is 11.1 Å². The second kappa shape index (κ2) is 7.50. The standard InChI is InChI=1S/C15H12BrN3O4/c16-12-3-1-10(2-4-12)7-15(21)18-17-9-11-8-13(20)5-6-14(11)19(22)23/h1-6,8-9,20H,7H2,(H,18,21). The fourth-order valence-corrected chi connectivity index (χ4v) is 2.08. The summed E-state index contributed by atoms with van der Waals surface area (Å²) in [4.78, 5) is 22.0. The fraction of sp³-hybridized carbons (Fsp3) is 0.0667. The minimum atomic E-state index is -0.593. The first-order valence-electron chi connectivity index (χ1n) is 6.49. The largest absolute Gasteiger partial charge is 0.508 e. The van der Waals surface area contributed by atoms with E-state index in [1.54, 1.807) is 12.1 Å². The van der Waals surface area contributed by atoms with Crippen LogP contribution in [0.3, 0.4) is 0 Å². The van der Waals surface area contributed by atoms with Gasteiger partial charge in [-0.2, -0.15) is 5.10 Å². The van der Waals surface area contributed by atoms with E-state index in [9.17, 15) is 20.0 Å². The molecule has 2 rings (SSSR count). The van der Waals surface area contributed by atoms with Gasteiger partial charge in [0.2, 0.25) is 5.91 Å². The second-order valence-electron chi connectivity index (χ2n) is 4.60. The Kier molecular flexibility index (Phi) is 5.42. The van der Waals surface area contributed by atoms with Gasteiger partial charge in [-0.05, 0) is 29.8 Å². The van der Waals surface area contributed by atoms with Crippen molar-refractivity contribution in [1.29, 1.82) is 0 Å². The number of carbonyl (C=O) groups excluding carboxylic acids is 1. The van der Waals surface area contributed by atoms with Crippen LogP contribution in [0.5, 0.6) is 5.75 Å². The van der Waals surface area contributed by atoms with E-state index < -0.39 is 4.92 Å². The first kappa shape index (κ1) is 16.6. The van der Waals surface area contributed by atoms with Gasteiger partial charge in [0.05, 0.1) is 23.1 Å². The summed E-state index contributed by atoms with van der Waals surface area (Å²) >= 11 is 3.30. The van der Waals surface area contributed by atoms with Gasteiger partial charge in [0, 0.05) is 10.5 Å². The number of phenolic OH excluding ortho intramolecular Hbond substituents is 1. The lowest BCUT2D eigenvalue weighted by Gasteiger charge is -2.01. The molecule has 2 N–H and O–H groups in total. The Labute approximate surface area is 139 Å². The topological polar surface area (TPSA) is 105 Å². The van der Waals surface area contributed by atoms with Gasteiger partial charge >= 0.3 is 0 Å². The number of phenols is 1. The molecule has 0 fully saturated rings. The van der Waals surface area contributed by atoms with E-state index in [0.29, 0.717) is 0 Å². The molecule has 0 aliphatic carbocycles. The lowest BCUT2D eigenvalue weighted by molar-refractivity contribution is -0.385. The number of halogens is 1. The minimum absolute atomic E-state index is 0.0962. The lowest BCUT2D eigenvalue weighted by atomic mass is 10.1. The first-order valence-corrected chi connectivity index (χ1v) is 7.29. The number of nitro groups is 1. The summed E-state index contributed by atoms with van der Waals surface area (Å²) in [5.41, 5.74) is 2.99. The van der Waals surface area contributed by atoms with Crippen LogP contribution in [0.15, 0.2) is 52.0 Å². The first-order chi connectivity index (χ1) is 11.0. The molecule has 2 aromatic rings. The van der Waals surface area contributed by atoms with Gasteiger partial charge in [0.1, 0.15) is 5.75 Å². The maximum absolute atomic E-state index is 11.8. The van der Waals surface area contributed by atoms with Crippen molar-refractivity contribution in [3.8, 4) is 5.75 Å². The third-order valence-corrected chi connectivity index (χ3v) is 3.41. The van der Waals surface area contributed by atoms with Crippen molar-refractivity contribution < 1.29 is 14.8 Å². The molecule has 118 valence electrons. The highest BCUT2D eigenvalue weighted by molar-refractivity contribution is 9.10. The number of nitrogens with zero attached hydrogens (tertiary/aromatic N) is 2. The minimum Gasteiger partial charge on any atom is -0.508 e. The van der Waals surface area contributed by atoms with Gasteiger partial charge in [-0.15, -0.1) is 0 Å². The molecule has 0 saturated carbocycles. The van der Waals surface area contributed by atoms with Crippen LogP contribution in [-0.2, 0) is 11.2 Å². The van der Waals surface area contributed by atoms with Gasteiger partial charge in [-0.1, -0.05) is 28.1 Å². The second-order valence-corrected chi connectivity index (χ2v) is 5.51. The van der Waals surface area contributed by atoms with Gasteiger partial charge < -0.3 is 5.11 Å². The Morgan fingerprint density at radius 3 is 2.65 bits per heavy atom. The van der Waals surface area contributed by atoms with Crippen molar-refractivity contribution in [3.63, 3.8) is 0 Å². The van der Waals surface area contributed by atoms with E-state index in [1.807, 2.05) is 12.1 Å². The van der Waals surface area contributed by atoms with E-state index in [2.05, 4.69) is 26.5 Å².